The van der Waals surface area contributed by atoms with Crippen LogP contribution in [0.15, 0.2) is 53.5 Å². The fourth-order valence-electron chi connectivity index (χ4n) is 4.54. The van der Waals surface area contributed by atoms with Crippen molar-refractivity contribution in [2.24, 2.45) is 5.92 Å². The van der Waals surface area contributed by atoms with Gasteiger partial charge in [0, 0.05) is 31.1 Å². The number of H-pyrrole nitrogens is 1. The Kier molecular flexibility index (Phi) is 5.09. The molecule has 2 aromatic carbocycles. The highest BCUT2D eigenvalue weighted by Crippen LogP contribution is 2.31. The molecule has 1 aliphatic rings. The normalized spacial score (nSPS) is 19.1. The summed E-state index contributed by atoms with van der Waals surface area (Å²) < 4.78 is 28.3. The van der Waals surface area contributed by atoms with Crippen LogP contribution in [0.5, 0.6) is 0 Å². The molecule has 1 N–H and O–H groups in total. The largest absolute Gasteiger partial charge is 0.307 e. The molecule has 4 aromatic rings. The Hall–Kier alpha value is -3.39. The van der Waals surface area contributed by atoms with Crippen LogP contribution in [0, 0.1) is 24.5 Å². The van der Waals surface area contributed by atoms with E-state index in [9.17, 15) is 13.6 Å². The van der Waals surface area contributed by atoms with Gasteiger partial charge in [-0.1, -0.05) is 19.1 Å². The average Bonchev–Trinajstić information content (AvgIpc) is 3.33. The van der Waals surface area contributed by atoms with Gasteiger partial charge in [0.05, 0.1) is 6.20 Å². The van der Waals surface area contributed by atoms with Gasteiger partial charge < -0.3 is 4.98 Å². The van der Waals surface area contributed by atoms with E-state index < -0.39 is 0 Å². The van der Waals surface area contributed by atoms with Gasteiger partial charge in [-0.05, 0) is 54.3 Å². The first-order chi connectivity index (χ1) is 15.4. The van der Waals surface area contributed by atoms with E-state index in [2.05, 4.69) is 21.8 Å². The van der Waals surface area contributed by atoms with Crippen molar-refractivity contribution >= 4 is 5.52 Å². The van der Waals surface area contributed by atoms with E-state index in [0.717, 1.165) is 29.8 Å². The summed E-state index contributed by atoms with van der Waals surface area (Å²) in [6, 6.07) is 11.0. The number of fused-ring (bicyclic) bond motifs is 1. The highest BCUT2D eigenvalue weighted by atomic mass is 19.1. The molecule has 2 unspecified atom stereocenters. The third-order valence-corrected chi connectivity index (χ3v) is 6.21. The number of imidazole rings is 1. The molecule has 1 saturated heterocycles. The lowest BCUT2D eigenvalue weighted by atomic mass is 9.97. The summed E-state index contributed by atoms with van der Waals surface area (Å²) in [5.41, 5.74) is 2.59. The van der Waals surface area contributed by atoms with Crippen LogP contribution in [0.3, 0.4) is 0 Å². The van der Waals surface area contributed by atoms with Crippen LogP contribution in [-0.2, 0) is 6.54 Å². The minimum absolute atomic E-state index is 0.0390. The van der Waals surface area contributed by atoms with Crippen molar-refractivity contribution in [3.05, 3.63) is 87.6 Å². The summed E-state index contributed by atoms with van der Waals surface area (Å²) in [5, 5.41) is 4.75. The van der Waals surface area contributed by atoms with E-state index in [4.69, 9.17) is 5.10 Å². The molecule has 1 aliphatic heterocycles. The number of aromatic amines is 1. The Balaban J connectivity index is 1.47. The van der Waals surface area contributed by atoms with E-state index in [1.807, 2.05) is 0 Å². The zero-order valence-electron chi connectivity index (χ0n) is 17.8. The molecule has 0 radical (unpaired) electrons. The van der Waals surface area contributed by atoms with Gasteiger partial charge in [-0.25, -0.2) is 18.3 Å². The third kappa shape index (κ3) is 3.71. The standard InChI is InChI=1S/C24H23F2N5O/c1-14-9-18(26)7-8-19(14)23-27-10-21-24(32)28-22(29-31(21)23)20-13-30(11-15(20)2)12-16-3-5-17(25)6-4-16/h3-10,15,20H,11-13H2,1-2H3,(H,28,29,32). The average molecular weight is 435 g/mol. The van der Waals surface area contributed by atoms with Gasteiger partial charge in [0.25, 0.3) is 5.56 Å². The van der Waals surface area contributed by atoms with Crippen LogP contribution in [0.4, 0.5) is 8.78 Å². The molecule has 1 fully saturated rings. The number of hydrogen-bond donors (Lipinski definition) is 1. The summed E-state index contributed by atoms with van der Waals surface area (Å²) in [6.45, 7) is 6.22. The van der Waals surface area contributed by atoms with E-state index >= 15 is 0 Å². The van der Waals surface area contributed by atoms with Gasteiger partial charge in [0.1, 0.15) is 17.5 Å². The minimum Gasteiger partial charge on any atom is -0.307 e. The quantitative estimate of drug-likeness (QED) is 0.528. The second kappa shape index (κ2) is 7.94. The predicted molar refractivity (Wildman–Crippen MR) is 117 cm³/mol. The molecule has 32 heavy (non-hydrogen) atoms. The lowest BCUT2D eigenvalue weighted by Crippen LogP contribution is -2.23. The summed E-state index contributed by atoms with van der Waals surface area (Å²) in [6.07, 6.45) is 1.49. The Morgan fingerprint density at radius 2 is 1.84 bits per heavy atom. The molecule has 0 aliphatic carbocycles. The summed E-state index contributed by atoms with van der Waals surface area (Å²) in [5.74, 6) is 0.866. The molecular weight excluding hydrogens is 412 g/mol. The molecule has 0 saturated carbocycles. The number of aromatic nitrogens is 4. The number of aryl methyl sites for hydroxylation is 1. The van der Waals surface area contributed by atoms with Crippen molar-refractivity contribution in [3.63, 3.8) is 0 Å². The second-order valence-corrected chi connectivity index (χ2v) is 8.58. The maximum Gasteiger partial charge on any atom is 0.276 e. The first-order valence-electron chi connectivity index (χ1n) is 10.6. The number of likely N-dealkylation sites (tertiary alicyclic amines) is 1. The lowest BCUT2D eigenvalue weighted by Gasteiger charge is -2.16. The Bertz CT molecular complexity index is 1350. The molecule has 2 aromatic heterocycles. The van der Waals surface area contributed by atoms with Gasteiger partial charge in [0.2, 0.25) is 0 Å². The second-order valence-electron chi connectivity index (χ2n) is 8.58. The van der Waals surface area contributed by atoms with Crippen LogP contribution in [0.25, 0.3) is 16.9 Å². The Labute approximate surface area is 183 Å². The number of nitrogens with zero attached hydrogens (tertiary/aromatic N) is 4. The van der Waals surface area contributed by atoms with Gasteiger partial charge in [-0.2, -0.15) is 5.10 Å². The van der Waals surface area contributed by atoms with Crippen molar-refractivity contribution < 1.29 is 8.78 Å². The van der Waals surface area contributed by atoms with Crippen molar-refractivity contribution in [1.82, 2.24) is 24.5 Å². The van der Waals surface area contributed by atoms with Crippen molar-refractivity contribution in [3.8, 4) is 11.4 Å². The van der Waals surface area contributed by atoms with Crippen molar-refractivity contribution in [2.75, 3.05) is 13.1 Å². The fraction of sp³-hybridized carbons (Fsp3) is 0.292. The molecular formula is C24H23F2N5O. The van der Waals surface area contributed by atoms with E-state index in [1.165, 1.54) is 30.5 Å². The molecule has 3 heterocycles. The molecule has 0 spiro atoms. The monoisotopic (exact) mass is 435 g/mol. The Morgan fingerprint density at radius 1 is 1.09 bits per heavy atom. The predicted octanol–water partition coefficient (Wildman–Crippen LogP) is 3.91. The third-order valence-electron chi connectivity index (χ3n) is 6.21. The van der Waals surface area contributed by atoms with Gasteiger partial charge in [-0.3, -0.25) is 9.69 Å². The molecule has 2 atom stereocenters. The van der Waals surface area contributed by atoms with Gasteiger partial charge in [0.15, 0.2) is 11.3 Å². The van der Waals surface area contributed by atoms with Crippen LogP contribution < -0.4 is 5.56 Å². The van der Waals surface area contributed by atoms with E-state index in [0.29, 0.717) is 23.7 Å². The molecule has 0 bridgehead atoms. The maximum atomic E-state index is 13.6. The van der Waals surface area contributed by atoms with Crippen LogP contribution in [-0.4, -0.2) is 37.6 Å². The zero-order valence-corrected chi connectivity index (χ0v) is 17.8. The molecule has 8 heteroatoms. The smallest absolute Gasteiger partial charge is 0.276 e. The molecule has 164 valence electrons. The molecule has 0 amide bonds. The summed E-state index contributed by atoms with van der Waals surface area (Å²) in [4.78, 5) is 22.4. The Morgan fingerprint density at radius 3 is 2.59 bits per heavy atom. The maximum absolute atomic E-state index is 13.6. The topological polar surface area (TPSA) is 66.3 Å². The SMILES string of the molecule is Cc1cc(F)ccc1-c1ncc2c(=O)[nH]c(C3CN(Cc4ccc(F)cc4)CC3C)nn12. The number of halogens is 2. The minimum atomic E-state index is -0.320. The van der Waals surface area contributed by atoms with Crippen molar-refractivity contribution in [1.29, 1.82) is 0 Å². The van der Waals surface area contributed by atoms with E-state index in [1.54, 1.807) is 29.6 Å². The molecule has 5 rings (SSSR count). The first kappa shape index (κ1) is 20.5. The first-order valence-corrected chi connectivity index (χ1v) is 10.6. The van der Waals surface area contributed by atoms with E-state index in [-0.39, 0.29) is 29.0 Å². The van der Waals surface area contributed by atoms with Gasteiger partial charge in [-0.15, -0.1) is 0 Å². The van der Waals surface area contributed by atoms with Crippen LogP contribution >= 0.6 is 0 Å². The highest BCUT2D eigenvalue weighted by Gasteiger charge is 2.33. The molecule has 6 nitrogen and oxygen atoms in total. The van der Waals surface area contributed by atoms with Gasteiger partial charge >= 0.3 is 0 Å². The van der Waals surface area contributed by atoms with Crippen LogP contribution in [0.1, 0.15) is 29.8 Å². The summed E-state index contributed by atoms with van der Waals surface area (Å²) >= 11 is 0. The number of nitrogens with one attached hydrogen (secondary N) is 1. The number of benzene rings is 2. The zero-order chi connectivity index (χ0) is 22.4. The number of rotatable bonds is 4. The summed E-state index contributed by atoms with van der Waals surface area (Å²) in [7, 11) is 0. The fourth-order valence-corrected chi connectivity index (χ4v) is 4.54. The highest BCUT2D eigenvalue weighted by molar-refractivity contribution is 5.64. The lowest BCUT2D eigenvalue weighted by molar-refractivity contribution is 0.318. The van der Waals surface area contributed by atoms with Crippen LogP contribution in [0.2, 0.25) is 0 Å². The number of hydrogen-bond acceptors (Lipinski definition) is 4. The van der Waals surface area contributed by atoms with Crippen molar-refractivity contribution in [2.45, 2.75) is 26.3 Å².